The van der Waals surface area contributed by atoms with Gasteiger partial charge in [-0.05, 0) is 18.4 Å². The van der Waals surface area contributed by atoms with Gasteiger partial charge in [0.25, 0.3) is 5.22 Å². The first kappa shape index (κ1) is 14.9. The van der Waals surface area contributed by atoms with Crippen molar-refractivity contribution >= 4 is 35.1 Å². The van der Waals surface area contributed by atoms with Crippen molar-refractivity contribution < 1.29 is 9.21 Å². The molecule has 0 saturated heterocycles. The van der Waals surface area contributed by atoms with Crippen molar-refractivity contribution in [3.05, 3.63) is 30.2 Å². The number of para-hydroxylation sites is 1. The van der Waals surface area contributed by atoms with E-state index in [4.69, 9.17) is 10.2 Å². The van der Waals surface area contributed by atoms with Gasteiger partial charge in [0.1, 0.15) is 0 Å². The van der Waals surface area contributed by atoms with Crippen LogP contribution in [0.3, 0.4) is 0 Å². The standard InChI is InChI=1S/C12H14N4O2S2/c1-19-9-5-3-2-4-8(9)14-10(17)7-20-12-16-15-11(6-13)18-12/h2-5H,6-7,13H2,1H3,(H,14,17). The molecule has 106 valence electrons. The van der Waals surface area contributed by atoms with Crippen molar-refractivity contribution in [1.82, 2.24) is 10.2 Å². The summed E-state index contributed by atoms with van der Waals surface area (Å²) in [6.45, 7) is 0.195. The van der Waals surface area contributed by atoms with Crippen LogP contribution in [0.1, 0.15) is 5.89 Å². The maximum absolute atomic E-state index is 11.9. The van der Waals surface area contributed by atoms with Crippen LogP contribution in [0, 0.1) is 0 Å². The predicted molar refractivity (Wildman–Crippen MR) is 79.8 cm³/mol. The number of anilines is 1. The molecule has 0 aliphatic rings. The molecule has 0 atom stereocenters. The van der Waals surface area contributed by atoms with E-state index in [0.29, 0.717) is 11.1 Å². The number of hydrogen-bond donors (Lipinski definition) is 2. The maximum atomic E-state index is 11.9. The molecule has 0 aliphatic carbocycles. The van der Waals surface area contributed by atoms with Crippen molar-refractivity contribution in [3.63, 3.8) is 0 Å². The molecule has 0 unspecified atom stereocenters. The van der Waals surface area contributed by atoms with Crippen LogP contribution in [0.2, 0.25) is 0 Å². The number of rotatable bonds is 6. The van der Waals surface area contributed by atoms with Crippen molar-refractivity contribution in [1.29, 1.82) is 0 Å². The summed E-state index contributed by atoms with van der Waals surface area (Å²) in [5.41, 5.74) is 6.17. The maximum Gasteiger partial charge on any atom is 0.277 e. The van der Waals surface area contributed by atoms with E-state index in [9.17, 15) is 4.79 Å². The van der Waals surface area contributed by atoms with E-state index in [1.165, 1.54) is 11.8 Å². The van der Waals surface area contributed by atoms with E-state index in [1.54, 1.807) is 11.8 Å². The van der Waals surface area contributed by atoms with Gasteiger partial charge in [-0.1, -0.05) is 23.9 Å². The van der Waals surface area contributed by atoms with Crippen molar-refractivity contribution in [2.24, 2.45) is 5.73 Å². The number of thioether (sulfide) groups is 2. The number of nitrogens with zero attached hydrogens (tertiary/aromatic N) is 2. The second-order valence-electron chi connectivity index (χ2n) is 3.70. The Morgan fingerprint density at radius 3 is 2.90 bits per heavy atom. The Hall–Kier alpha value is -1.51. The van der Waals surface area contributed by atoms with Crippen molar-refractivity contribution in [2.75, 3.05) is 17.3 Å². The van der Waals surface area contributed by atoms with Crippen LogP contribution in [-0.4, -0.2) is 28.1 Å². The number of carbonyl (C=O) groups excluding carboxylic acids is 1. The first-order valence-corrected chi connectivity index (χ1v) is 8.02. The van der Waals surface area contributed by atoms with Crippen LogP contribution in [0.25, 0.3) is 0 Å². The summed E-state index contributed by atoms with van der Waals surface area (Å²) in [7, 11) is 0. The minimum atomic E-state index is -0.121. The monoisotopic (exact) mass is 310 g/mol. The SMILES string of the molecule is CSc1ccccc1NC(=O)CSc1nnc(CN)o1. The second-order valence-corrected chi connectivity index (χ2v) is 5.48. The van der Waals surface area contributed by atoms with E-state index in [-0.39, 0.29) is 18.2 Å². The van der Waals surface area contributed by atoms with Crippen LogP contribution in [0.5, 0.6) is 0 Å². The Morgan fingerprint density at radius 1 is 1.40 bits per heavy atom. The number of nitrogens with one attached hydrogen (secondary N) is 1. The summed E-state index contributed by atoms with van der Waals surface area (Å²) >= 11 is 2.76. The lowest BCUT2D eigenvalue weighted by atomic mass is 10.3. The fraction of sp³-hybridized carbons (Fsp3) is 0.250. The molecular formula is C12H14N4O2S2. The average Bonchev–Trinajstić information content (AvgIpc) is 2.94. The highest BCUT2D eigenvalue weighted by Crippen LogP contribution is 2.25. The lowest BCUT2D eigenvalue weighted by Crippen LogP contribution is -2.14. The van der Waals surface area contributed by atoms with Gasteiger partial charge >= 0.3 is 0 Å². The Morgan fingerprint density at radius 2 is 2.20 bits per heavy atom. The zero-order valence-corrected chi connectivity index (χ0v) is 12.5. The highest BCUT2D eigenvalue weighted by Gasteiger charge is 2.10. The first-order valence-electron chi connectivity index (χ1n) is 5.81. The summed E-state index contributed by atoms with van der Waals surface area (Å²) in [4.78, 5) is 12.9. The van der Waals surface area contributed by atoms with Gasteiger partial charge in [0.2, 0.25) is 11.8 Å². The molecule has 0 spiro atoms. The van der Waals surface area contributed by atoms with Crippen LogP contribution in [0.4, 0.5) is 5.69 Å². The molecule has 1 aromatic carbocycles. The second kappa shape index (κ2) is 7.32. The third-order valence-corrected chi connectivity index (χ3v) is 3.95. The van der Waals surface area contributed by atoms with Gasteiger partial charge in [-0.25, -0.2) is 0 Å². The predicted octanol–water partition coefficient (Wildman–Crippen LogP) is 1.98. The molecule has 20 heavy (non-hydrogen) atoms. The highest BCUT2D eigenvalue weighted by atomic mass is 32.2. The Labute approximate surface area is 124 Å². The number of hydrogen-bond acceptors (Lipinski definition) is 7. The zero-order valence-electron chi connectivity index (χ0n) is 10.8. The summed E-state index contributed by atoms with van der Waals surface area (Å²) in [6, 6.07) is 7.64. The van der Waals surface area contributed by atoms with Gasteiger partial charge in [-0.2, -0.15) is 0 Å². The van der Waals surface area contributed by atoms with Gasteiger partial charge in [0.15, 0.2) is 0 Å². The fourth-order valence-corrected chi connectivity index (χ4v) is 2.57. The molecule has 0 radical (unpaired) electrons. The van der Waals surface area contributed by atoms with Crippen LogP contribution < -0.4 is 11.1 Å². The normalized spacial score (nSPS) is 10.5. The van der Waals surface area contributed by atoms with Crippen LogP contribution in [0.15, 0.2) is 38.8 Å². The van der Waals surface area contributed by atoms with Crippen molar-refractivity contribution in [3.8, 4) is 0 Å². The van der Waals surface area contributed by atoms with E-state index >= 15 is 0 Å². The topological polar surface area (TPSA) is 94.0 Å². The van der Waals surface area contributed by atoms with E-state index < -0.39 is 0 Å². The lowest BCUT2D eigenvalue weighted by Gasteiger charge is -2.08. The number of aromatic nitrogens is 2. The molecule has 0 bridgehead atoms. The highest BCUT2D eigenvalue weighted by molar-refractivity contribution is 7.99. The summed E-state index contributed by atoms with van der Waals surface area (Å²) in [5.74, 6) is 0.444. The first-order chi connectivity index (χ1) is 9.72. The minimum absolute atomic E-state index is 0.121. The van der Waals surface area contributed by atoms with Crippen molar-refractivity contribution in [2.45, 2.75) is 16.7 Å². The number of nitrogens with two attached hydrogens (primary N) is 1. The van der Waals surface area contributed by atoms with Gasteiger partial charge < -0.3 is 15.5 Å². The van der Waals surface area contributed by atoms with Gasteiger partial charge in [0.05, 0.1) is 18.0 Å². The lowest BCUT2D eigenvalue weighted by molar-refractivity contribution is -0.113. The molecule has 3 N–H and O–H groups in total. The largest absolute Gasteiger partial charge is 0.415 e. The molecule has 1 aromatic heterocycles. The van der Waals surface area contributed by atoms with E-state index in [1.807, 2.05) is 30.5 Å². The number of amides is 1. The minimum Gasteiger partial charge on any atom is -0.415 e. The van der Waals surface area contributed by atoms with E-state index in [0.717, 1.165) is 10.6 Å². The van der Waals surface area contributed by atoms with Crippen LogP contribution >= 0.6 is 23.5 Å². The molecule has 8 heteroatoms. The molecule has 0 aliphatic heterocycles. The Balaban J connectivity index is 1.89. The molecule has 6 nitrogen and oxygen atoms in total. The summed E-state index contributed by atoms with van der Waals surface area (Å²) in [5, 5.41) is 10.7. The van der Waals surface area contributed by atoms with Crippen LogP contribution in [-0.2, 0) is 11.3 Å². The average molecular weight is 310 g/mol. The molecule has 2 aromatic rings. The summed E-state index contributed by atoms with van der Waals surface area (Å²) in [6.07, 6.45) is 1.96. The quantitative estimate of drug-likeness (QED) is 0.788. The van der Waals surface area contributed by atoms with Gasteiger partial charge in [-0.3, -0.25) is 4.79 Å². The molecule has 1 amide bonds. The third kappa shape index (κ3) is 3.99. The molecule has 0 fully saturated rings. The molecule has 2 rings (SSSR count). The molecule has 0 saturated carbocycles. The summed E-state index contributed by atoms with van der Waals surface area (Å²) < 4.78 is 5.21. The van der Waals surface area contributed by atoms with Gasteiger partial charge in [-0.15, -0.1) is 22.0 Å². The zero-order chi connectivity index (χ0) is 14.4. The number of benzene rings is 1. The Bertz CT molecular complexity index is 588. The Kier molecular flexibility index (Phi) is 5.45. The molecule has 1 heterocycles. The smallest absolute Gasteiger partial charge is 0.277 e. The number of carbonyl (C=O) groups is 1. The van der Waals surface area contributed by atoms with Gasteiger partial charge in [0, 0.05) is 4.90 Å². The van der Waals surface area contributed by atoms with E-state index in [2.05, 4.69) is 15.5 Å². The molecular weight excluding hydrogens is 296 g/mol. The fourth-order valence-electron chi connectivity index (χ4n) is 1.44. The third-order valence-electron chi connectivity index (χ3n) is 2.33.